The van der Waals surface area contributed by atoms with E-state index >= 15 is 0 Å². The summed E-state index contributed by atoms with van der Waals surface area (Å²) in [4.78, 5) is 90.0. The van der Waals surface area contributed by atoms with E-state index in [2.05, 4.69) is 82.7 Å². The highest BCUT2D eigenvalue weighted by atomic mass is 16.6. The number of non-ortho nitro benzene ring substituents is 2. The number of nitrogens with zero attached hydrogens (tertiary/aromatic N) is 6. The number of nitrogens with two attached hydrogens (primary N) is 1. The molecule has 0 spiro atoms. The Balaban J connectivity index is 0.613. The van der Waals surface area contributed by atoms with Gasteiger partial charge in [-0.05, 0) is 151 Å². The van der Waals surface area contributed by atoms with Gasteiger partial charge in [-0.15, -0.1) is 0 Å². The zero-order chi connectivity index (χ0) is 71.8. The van der Waals surface area contributed by atoms with Crippen molar-refractivity contribution in [2.75, 3.05) is 63.8 Å². The molecule has 538 valence electrons. The van der Waals surface area contributed by atoms with Crippen molar-refractivity contribution in [2.24, 2.45) is 52.1 Å². The molecular weight excluding hydrogens is 1290 g/mol. The summed E-state index contributed by atoms with van der Waals surface area (Å²) in [6.45, 7) is 15.0. The fourth-order valence-corrected chi connectivity index (χ4v) is 19.8. The highest BCUT2D eigenvalue weighted by molar-refractivity contribution is 5.98. The average Bonchev–Trinajstić information content (AvgIpc) is 0.770. The Morgan fingerprint density at radius 2 is 1.15 bits per heavy atom. The Kier molecular flexibility index (Phi) is 19.2. The van der Waals surface area contributed by atoms with Crippen LogP contribution in [0.4, 0.5) is 22.7 Å². The van der Waals surface area contributed by atoms with Crippen molar-refractivity contribution in [3.8, 4) is 33.8 Å². The van der Waals surface area contributed by atoms with Gasteiger partial charge in [0.2, 0.25) is 11.8 Å². The predicted molar refractivity (Wildman–Crippen MR) is 391 cm³/mol. The molecule has 8 fully saturated rings. The number of nitrogens with one attached hydrogen (secondary N) is 4. The highest BCUT2D eigenvalue weighted by Crippen LogP contribution is 2.64. The number of aliphatic hydroxyl groups is 1. The summed E-state index contributed by atoms with van der Waals surface area (Å²) < 4.78 is 12.2. The van der Waals surface area contributed by atoms with Crippen molar-refractivity contribution >= 4 is 46.4 Å². The second-order valence-corrected chi connectivity index (χ2v) is 31.7. The van der Waals surface area contributed by atoms with Crippen LogP contribution < -0.4 is 46.3 Å². The van der Waals surface area contributed by atoms with E-state index in [9.17, 15) is 44.5 Å². The van der Waals surface area contributed by atoms with Crippen LogP contribution in [-0.4, -0.2) is 151 Å². The molecule has 1 unspecified atom stereocenters. The fraction of sp³-hybridized carbons (Fsp3) is 0.500. The molecule has 102 heavy (non-hydrogen) atoms. The lowest BCUT2D eigenvalue weighted by molar-refractivity contribution is -0.385. The number of carbonyl (C=O) groups excluding carboxylic acids is 4. The van der Waals surface area contributed by atoms with Crippen LogP contribution in [0.3, 0.4) is 0 Å². The maximum atomic E-state index is 14.7. The van der Waals surface area contributed by atoms with E-state index < -0.39 is 39.8 Å². The van der Waals surface area contributed by atoms with Crippen LogP contribution in [0, 0.1) is 66.6 Å². The number of nitro benzene ring substituents is 2. The third-order valence-corrected chi connectivity index (χ3v) is 25.6. The molecule has 0 aromatic heterocycles. The van der Waals surface area contributed by atoms with Gasteiger partial charge < -0.3 is 51.4 Å². The van der Waals surface area contributed by atoms with Crippen molar-refractivity contribution in [3.05, 3.63) is 175 Å². The van der Waals surface area contributed by atoms with Gasteiger partial charge in [-0.3, -0.25) is 49.2 Å². The Labute approximate surface area is 596 Å². The summed E-state index contributed by atoms with van der Waals surface area (Å²) >= 11 is 0. The minimum atomic E-state index is -0.915. The van der Waals surface area contributed by atoms with E-state index in [0.717, 1.165) is 60.3 Å². The summed E-state index contributed by atoms with van der Waals surface area (Å²) in [6, 6.07) is 34.4. The first kappa shape index (κ1) is 70.1. The van der Waals surface area contributed by atoms with Crippen molar-refractivity contribution in [3.63, 3.8) is 0 Å². The number of likely N-dealkylation sites (N-methyl/N-ethyl adjacent to an activating group) is 1. The van der Waals surface area contributed by atoms with Gasteiger partial charge in [-0.25, -0.2) is 0 Å². The lowest BCUT2D eigenvalue weighted by atomic mass is 9.43. The zero-order valence-corrected chi connectivity index (χ0v) is 59.7. The summed E-state index contributed by atoms with van der Waals surface area (Å²) in [5.74, 6) is 2.22. The van der Waals surface area contributed by atoms with Gasteiger partial charge in [0.15, 0.2) is 0 Å². The second-order valence-electron chi connectivity index (χ2n) is 31.7. The smallest absolute Gasteiger partial charge is 0.270 e. The molecule has 22 heteroatoms. The Morgan fingerprint density at radius 3 is 1.72 bits per heavy atom. The van der Waals surface area contributed by atoms with Crippen LogP contribution in [0.1, 0.15) is 123 Å². The quantitative estimate of drug-likeness (QED) is 0.0289. The molecule has 22 nitrogen and oxygen atoms in total. The molecule has 16 rings (SSSR count). The number of amides is 4. The van der Waals surface area contributed by atoms with Gasteiger partial charge in [-0.2, -0.15) is 0 Å². The number of rotatable bonds is 21. The number of ether oxygens (including phenoxy) is 2. The van der Waals surface area contributed by atoms with Gasteiger partial charge in [0.1, 0.15) is 17.5 Å². The van der Waals surface area contributed by atoms with Crippen molar-refractivity contribution < 1.29 is 43.6 Å². The van der Waals surface area contributed by atoms with Crippen LogP contribution >= 0.6 is 0 Å². The monoisotopic (exact) mass is 1390 g/mol. The molecule has 6 aromatic rings. The minimum absolute atomic E-state index is 0.00601. The number of methoxy groups -OCH3 is 2. The van der Waals surface area contributed by atoms with Crippen molar-refractivity contribution in [2.45, 2.75) is 154 Å². The zero-order valence-electron chi connectivity index (χ0n) is 59.7. The van der Waals surface area contributed by atoms with Crippen LogP contribution in [-0.2, 0) is 35.5 Å². The van der Waals surface area contributed by atoms with E-state index in [1.54, 1.807) is 25.3 Å². The minimum Gasteiger partial charge on any atom is -0.496 e. The van der Waals surface area contributed by atoms with Crippen LogP contribution in [0.5, 0.6) is 11.5 Å². The number of fused-ring (bicyclic) bond motifs is 6. The molecule has 10 aliphatic rings. The topological polar surface area (TPSA) is 280 Å². The summed E-state index contributed by atoms with van der Waals surface area (Å²) in [6.07, 6.45) is 6.10. The van der Waals surface area contributed by atoms with Crippen molar-refractivity contribution in [1.82, 2.24) is 31.1 Å². The number of hydrogen-bond acceptors (Lipinski definition) is 16. The molecule has 6 aromatic carbocycles. The van der Waals surface area contributed by atoms with Gasteiger partial charge >= 0.3 is 0 Å². The summed E-state index contributed by atoms with van der Waals surface area (Å²) in [5, 5.41) is 49.9. The molecule has 4 bridgehead atoms. The lowest BCUT2D eigenvalue weighted by Crippen LogP contribution is -2.63. The molecule has 7 N–H and O–H groups in total. The largest absolute Gasteiger partial charge is 0.496 e. The van der Waals surface area contributed by atoms with Crippen LogP contribution in [0.25, 0.3) is 22.3 Å². The molecule has 4 heterocycles. The molecule has 4 amide bonds. The van der Waals surface area contributed by atoms with Gasteiger partial charge in [0.25, 0.3) is 23.2 Å². The molecule has 6 saturated carbocycles. The fourth-order valence-electron chi connectivity index (χ4n) is 19.8. The Bertz CT molecular complexity index is 4260. The van der Waals surface area contributed by atoms with Gasteiger partial charge in [-0.1, -0.05) is 107 Å². The number of benzene rings is 6. The lowest BCUT2D eigenvalue weighted by Gasteiger charge is -2.64. The second kappa shape index (κ2) is 28.0. The highest BCUT2D eigenvalue weighted by Gasteiger charge is 2.60. The standard InChI is InChI=1S/C80H97N11O11/c1-45-64-35-55(79(64,3)4)37-66(45)84-77(95)70-39-57(81)42-89(70)41-50-18-14-20-63(74(50)102-8)52-28-54(34-61(32-52)91(99)100)76(94)83-59-30-48-16-10-12-22-69(48)87(44-59)26-24-80(5)56-36-65(80)46(2)67(38-56)85-78(96)72-71(92)23-25-88(72)40-49-17-13-19-62(73(49)101-7)51-27-53(33-60(31-51)90(97)98)75(93)82-58-29-47-15-9-11-21-68(47)86(6)43-58/h9-22,27-28,31-34,45-46,55-59,64-67,70-72,92H,23-26,29-30,35-44,81H2,1-8H3,(H,82,93)(H,83,94)(H,84,95)(H,85,96)/t45-,46-,55+,56+,57-,58-,59-,64-,65-,66-,67-,70-,71-,72-,80?/m0/s1. The number of nitro groups is 2. The Morgan fingerprint density at radius 1 is 0.618 bits per heavy atom. The summed E-state index contributed by atoms with van der Waals surface area (Å²) in [7, 11) is 5.07. The Hall–Kier alpha value is -8.96. The number of carbonyl (C=O) groups is 4. The van der Waals surface area contributed by atoms with Crippen LogP contribution in [0.15, 0.2) is 121 Å². The molecule has 15 atom stereocenters. The van der Waals surface area contributed by atoms with E-state index in [-0.39, 0.29) is 82.4 Å². The molecular formula is C80H97N11O11. The predicted octanol–water partition coefficient (Wildman–Crippen LogP) is 10.1. The first-order valence-corrected chi connectivity index (χ1v) is 36.5. The molecule has 4 aliphatic heterocycles. The molecule has 6 aliphatic carbocycles. The number of anilines is 2. The van der Waals surface area contributed by atoms with Crippen LogP contribution in [0.2, 0.25) is 0 Å². The third kappa shape index (κ3) is 13.2. The van der Waals surface area contributed by atoms with Gasteiger partial charge in [0, 0.05) is 140 Å². The SMILES string of the molecule is COc1c(CN2CC[C@H](O)[C@H]2C(=O)N[C@H]2C[C@H]3C[C@@H]([C@@H]2C)C3(C)CCN2C[C@@H](NC(=O)c3cc(-c4cccc(CN5C[C@@H](N)C[C@H]5C(=O)N[C@H]5C[C@H]6C[C@@H]([C@@H]5C)C6(C)C)c4OC)cc([N+](=O)[O-])c3)Cc3ccccc32)cccc1-c1cc(C(=O)N[C@H]2Cc3ccccc3N(C)C2)cc([N+](=O)[O-])c1. The maximum Gasteiger partial charge on any atom is 0.270 e. The molecule has 2 saturated heterocycles. The third-order valence-electron chi connectivity index (χ3n) is 25.6. The number of hydrogen-bond donors (Lipinski definition) is 6. The van der Waals surface area contributed by atoms with E-state index in [1.165, 1.54) is 37.8 Å². The van der Waals surface area contributed by atoms with E-state index in [1.807, 2.05) is 78.7 Å². The van der Waals surface area contributed by atoms with Crippen molar-refractivity contribution in [1.29, 1.82) is 0 Å². The number of likely N-dealkylation sites (tertiary alicyclic amines) is 2. The first-order chi connectivity index (χ1) is 48.9. The van der Waals surface area contributed by atoms with Gasteiger partial charge in [0.05, 0.1) is 48.3 Å². The van der Waals surface area contributed by atoms with E-state index in [0.29, 0.717) is 133 Å². The maximum absolute atomic E-state index is 14.7. The van der Waals surface area contributed by atoms with E-state index in [4.69, 9.17) is 15.2 Å². The number of para-hydroxylation sites is 4. The normalized spacial score (nSPS) is 29.1. The first-order valence-electron chi connectivity index (χ1n) is 36.5. The summed E-state index contributed by atoms with van der Waals surface area (Å²) in [5.41, 5.74) is 14.6. The number of aliphatic hydroxyl groups excluding tert-OH is 1. The average molecular weight is 1390 g/mol. The molecule has 0 radical (unpaired) electrons.